The Hall–Kier alpha value is -1.19. The molecule has 0 aliphatic carbocycles. The van der Waals surface area contributed by atoms with E-state index in [0.717, 1.165) is 0 Å². The second-order valence-corrected chi connectivity index (χ2v) is 2.92. The highest BCUT2D eigenvalue weighted by molar-refractivity contribution is 5.96. The lowest BCUT2D eigenvalue weighted by Gasteiger charge is -2.02. The van der Waals surface area contributed by atoms with E-state index in [-0.39, 0.29) is 19.0 Å². The molecular formula is C11H14O3. The molecule has 0 amide bonds. The van der Waals surface area contributed by atoms with Gasteiger partial charge in [-0.3, -0.25) is 4.79 Å². The number of benzene rings is 1. The van der Waals surface area contributed by atoms with Crippen molar-refractivity contribution in [2.45, 2.75) is 6.42 Å². The molecule has 76 valence electrons. The first kappa shape index (κ1) is 10.9. The van der Waals surface area contributed by atoms with Crippen molar-refractivity contribution >= 4 is 5.78 Å². The summed E-state index contributed by atoms with van der Waals surface area (Å²) in [5.74, 6) is -0.0245. The lowest BCUT2D eigenvalue weighted by Crippen LogP contribution is -2.10. The Morgan fingerprint density at radius 3 is 2.64 bits per heavy atom. The lowest BCUT2D eigenvalue weighted by molar-refractivity contribution is 0.0728. The van der Waals surface area contributed by atoms with Crippen LogP contribution in [0.2, 0.25) is 0 Å². The average molecular weight is 194 g/mol. The van der Waals surface area contributed by atoms with E-state index in [1.807, 2.05) is 18.2 Å². The maximum Gasteiger partial charge on any atom is 0.188 e. The summed E-state index contributed by atoms with van der Waals surface area (Å²) in [5, 5.41) is 8.48. The van der Waals surface area contributed by atoms with E-state index >= 15 is 0 Å². The Balaban J connectivity index is 2.29. The number of carbonyl (C=O) groups is 1. The van der Waals surface area contributed by atoms with Crippen LogP contribution in [0.3, 0.4) is 0 Å². The molecule has 0 heterocycles. The maximum atomic E-state index is 11.4. The van der Waals surface area contributed by atoms with Crippen LogP contribution in [0.5, 0.6) is 0 Å². The monoisotopic (exact) mass is 194 g/mol. The number of aliphatic hydroxyl groups is 1. The van der Waals surface area contributed by atoms with E-state index in [1.165, 1.54) is 0 Å². The molecule has 0 aliphatic heterocycles. The predicted molar refractivity (Wildman–Crippen MR) is 53.3 cm³/mol. The van der Waals surface area contributed by atoms with Crippen molar-refractivity contribution in [1.29, 1.82) is 0 Å². The molecule has 1 aromatic carbocycles. The Bertz CT molecular complexity index is 269. The molecule has 14 heavy (non-hydrogen) atoms. The van der Waals surface area contributed by atoms with Crippen LogP contribution in [0.25, 0.3) is 0 Å². The van der Waals surface area contributed by atoms with Gasteiger partial charge in [-0.15, -0.1) is 0 Å². The molecule has 0 unspecified atom stereocenters. The second-order valence-electron chi connectivity index (χ2n) is 2.92. The zero-order valence-electron chi connectivity index (χ0n) is 7.98. The van der Waals surface area contributed by atoms with Crippen LogP contribution >= 0.6 is 0 Å². The van der Waals surface area contributed by atoms with Crippen molar-refractivity contribution in [3.8, 4) is 0 Å². The van der Waals surface area contributed by atoms with Crippen molar-refractivity contribution < 1.29 is 14.6 Å². The Labute approximate surface area is 83.3 Å². The van der Waals surface area contributed by atoms with Gasteiger partial charge in [-0.2, -0.15) is 0 Å². The standard InChI is InChI=1S/C11H14O3/c12-7-4-8-14-9-11(13)10-5-2-1-3-6-10/h1-3,5-6,12H,4,7-9H2. The fourth-order valence-corrected chi connectivity index (χ4v) is 1.04. The first-order valence-corrected chi connectivity index (χ1v) is 4.61. The summed E-state index contributed by atoms with van der Waals surface area (Å²) in [4.78, 5) is 11.4. The van der Waals surface area contributed by atoms with Crippen LogP contribution in [0.1, 0.15) is 16.8 Å². The number of carbonyl (C=O) groups excluding carboxylic acids is 1. The van der Waals surface area contributed by atoms with E-state index in [2.05, 4.69) is 0 Å². The third kappa shape index (κ3) is 3.68. The first-order valence-electron chi connectivity index (χ1n) is 4.61. The second kappa shape index (κ2) is 6.29. The molecule has 0 aliphatic rings. The highest BCUT2D eigenvalue weighted by atomic mass is 16.5. The van der Waals surface area contributed by atoms with Crippen LogP contribution in [0.15, 0.2) is 30.3 Å². The molecular weight excluding hydrogens is 180 g/mol. The smallest absolute Gasteiger partial charge is 0.188 e. The molecule has 0 atom stereocenters. The van der Waals surface area contributed by atoms with Crippen LogP contribution in [-0.4, -0.2) is 30.7 Å². The highest BCUT2D eigenvalue weighted by Gasteiger charge is 2.03. The summed E-state index contributed by atoms with van der Waals surface area (Å²) in [6, 6.07) is 9.03. The van der Waals surface area contributed by atoms with Gasteiger partial charge in [-0.05, 0) is 6.42 Å². The van der Waals surface area contributed by atoms with Gasteiger partial charge in [0, 0.05) is 18.8 Å². The molecule has 0 saturated heterocycles. The van der Waals surface area contributed by atoms with Crippen molar-refractivity contribution in [2.75, 3.05) is 19.8 Å². The minimum Gasteiger partial charge on any atom is -0.396 e. The number of ether oxygens (including phenoxy) is 1. The Morgan fingerprint density at radius 2 is 2.00 bits per heavy atom. The molecule has 3 nitrogen and oxygen atoms in total. The number of hydrogen-bond donors (Lipinski definition) is 1. The van der Waals surface area contributed by atoms with Gasteiger partial charge in [0.15, 0.2) is 5.78 Å². The van der Waals surface area contributed by atoms with E-state index in [0.29, 0.717) is 18.6 Å². The molecule has 0 aromatic heterocycles. The highest BCUT2D eigenvalue weighted by Crippen LogP contribution is 2.00. The topological polar surface area (TPSA) is 46.5 Å². The number of hydrogen-bond acceptors (Lipinski definition) is 3. The van der Waals surface area contributed by atoms with Gasteiger partial charge in [-0.25, -0.2) is 0 Å². The maximum absolute atomic E-state index is 11.4. The third-order valence-electron chi connectivity index (χ3n) is 1.78. The predicted octanol–water partition coefficient (Wildman–Crippen LogP) is 1.27. The fraction of sp³-hybridized carbons (Fsp3) is 0.364. The Kier molecular flexibility index (Phi) is 4.89. The summed E-state index contributed by atoms with van der Waals surface area (Å²) in [5.41, 5.74) is 0.663. The largest absolute Gasteiger partial charge is 0.396 e. The minimum absolute atomic E-state index is 0.0245. The van der Waals surface area contributed by atoms with Crippen LogP contribution in [-0.2, 0) is 4.74 Å². The van der Waals surface area contributed by atoms with Crippen molar-refractivity contribution in [2.24, 2.45) is 0 Å². The zero-order chi connectivity index (χ0) is 10.2. The fourth-order valence-electron chi connectivity index (χ4n) is 1.04. The van der Waals surface area contributed by atoms with Crippen LogP contribution in [0, 0.1) is 0 Å². The molecule has 0 saturated carbocycles. The molecule has 3 heteroatoms. The number of aliphatic hydroxyl groups excluding tert-OH is 1. The van der Waals surface area contributed by atoms with Gasteiger partial charge in [0.1, 0.15) is 6.61 Å². The van der Waals surface area contributed by atoms with E-state index in [4.69, 9.17) is 9.84 Å². The summed E-state index contributed by atoms with van der Waals surface area (Å²) < 4.78 is 5.08. The summed E-state index contributed by atoms with van der Waals surface area (Å²) in [6.45, 7) is 0.610. The van der Waals surface area contributed by atoms with E-state index < -0.39 is 0 Å². The summed E-state index contributed by atoms with van der Waals surface area (Å²) >= 11 is 0. The SMILES string of the molecule is O=C(COCCCO)c1ccccc1. The molecule has 1 aromatic rings. The van der Waals surface area contributed by atoms with Gasteiger partial charge in [0.25, 0.3) is 0 Å². The van der Waals surface area contributed by atoms with Gasteiger partial charge in [-0.1, -0.05) is 30.3 Å². The summed E-state index contributed by atoms with van der Waals surface area (Å²) in [6.07, 6.45) is 0.571. The van der Waals surface area contributed by atoms with Crippen LogP contribution < -0.4 is 0 Å². The van der Waals surface area contributed by atoms with Gasteiger partial charge in [0.2, 0.25) is 0 Å². The molecule has 1 N–H and O–H groups in total. The molecule has 0 bridgehead atoms. The lowest BCUT2D eigenvalue weighted by atomic mass is 10.1. The van der Waals surface area contributed by atoms with E-state index in [9.17, 15) is 4.79 Å². The quantitative estimate of drug-likeness (QED) is 0.548. The van der Waals surface area contributed by atoms with Gasteiger partial charge >= 0.3 is 0 Å². The van der Waals surface area contributed by atoms with E-state index in [1.54, 1.807) is 12.1 Å². The number of ketones is 1. The normalized spacial score (nSPS) is 10.1. The van der Waals surface area contributed by atoms with Gasteiger partial charge < -0.3 is 9.84 Å². The van der Waals surface area contributed by atoms with Crippen molar-refractivity contribution in [3.63, 3.8) is 0 Å². The van der Waals surface area contributed by atoms with Crippen molar-refractivity contribution in [1.82, 2.24) is 0 Å². The number of Topliss-reactive ketones (excluding diaryl/α,β-unsaturated/α-hetero) is 1. The minimum atomic E-state index is -0.0245. The molecule has 0 spiro atoms. The zero-order valence-corrected chi connectivity index (χ0v) is 7.98. The molecule has 1 rings (SSSR count). The first-order chi connectivity index (χ1) is 6.84. The molecule has 0 radical (unpaired) electrons. The average Bonchev–Trinajstić information content (AvgIpc) is 2.25. The van der Waals surface area contributed by atoms with Crippen molar-refractivity contribution in [3.05, 3.63) is 35.9 Å². The van der Waals surface area contributed by atoms with Crippen LogP contribution in [0.4, 0.5) is 0 Å². The third-order valence-corrected chi connectivity index (χ3v) is 1.78. The Morgan fingerprint density at radius 1 is 1.29 bits per heavy atom. The number of rotatable bonds is 6. The van der Waals surface area contributed by atoms with Gasteiger partial charge in [0.05, 0.1) is 0 Å². The molecule has 0 fully saturated rings. The summed E-state index contributed by atoms with van der Waals surface area (Å²) in [7, 11) is 0.